The zero-order valence-electron chi connectivity index (χ0n) is 25.3. The Balaban J connectivity index is 0.882. The summed E-state index contributed by atoms with van der Waals surface area (Å²) < 4.78 is 66.2. The zero-order valence-corrected chi connectivity index (χ0v) is 25.3. The molecule has 0 unspecified atom stereocenters. The Morgan fingerprint density at radius 2 is 1.45 bits per heavy atom. The van der Waals surface area contributed by atoms with Crippen LogP contribution in [0.25, 0.3) is 0 Å². The molecule has 0 aliphatic carbocycles. The summed E-state index contributed by atoms with van der Waals surface area (Å²) in [5, 5.41) is 10.9. The number of alkyl halides is 3. The predicted molar refractivity (Wildman–Crippen MR) is 163 cm³/mol. The van der Waals surface area contributed by atoms with Crippen LogP contribution in [0.5, 0.6) is 29.0 Å². The highest BCUT2D eigenvalue weighted by molar-refractivity contribution is 5.32. The highest BCUT2D eigenvalue weighted by Crippen LogP contribution is 2.27. The van der Waals surface area contributed by atoms with Crippen LogP contribution in [-0.4, -0.2) is 57.6 Å². The van der Waals surface area contributed by atoms with Gasteiger partial charge in [-0.25, -0.2) is 0 Å². The number of hydrogen-bond donors (Lipinski definition) is 0. The van der Waals surface area contributed by atoms with Crippen molar-refractivity contribution in [3.63, 3.8) is 0 Å². The third kappa shape index (κ3) is 9.06. The average molecular weight is 655 g/mol. The summed E-state index contributed by atoms with van der Waals surface area (Å²) in [6, 6.07) is 21.2. The van der Waals surface area contributed by atoms with Gasteiger partial charge in [0.2, 0.25) is 0 Å². The first-order valence-electron chi connectivity index (χ1n) is 15.2. The number of fused-ring (bicyclic) bond motifs is 1. The van der Waals surface area contributed by atoms with Gasteiger partial charge in [0.05, 0.1) is 0 Å². The lowest BCUT2D eigenvalue weighted by Crippen LogP contribution is -2.37. The molecule has 1 aromatic heterocycles. The molecule has 0 spiro atoms. The van der Waals surface area contributed by atoms with E-state index in [1.807, 2.05) is 48.5 Å². The summed E-state index contributed by atoms with van der Waals surface area (Å²) in [4.78, 5) is 16.7. The standard InChI is InChI=1S/C33H33F3N4O7/c34-33(35,36)47-29-7-3-24(4-8-29)21-43-25-5-1-23(2-6-25)19-38-16-13-28(14-17-38)45-27-11-9-26(10-12-27)44-22-30-15-18-39-20-31(40(41)42)37-32(39)46-30/h1-12,20,28,30H,13-19,21-22H2/t30-/m1/s1. The van der Waals surface area contributed by atoms with E-state index in [9.17, 15) is 23.3 Å². The highest BCUT2D eigenvalue weighted by atomic mass is 19.4. The van der Waals surface area contributed by atoms with Crippen molar-refractivity contribution in [3.05, 3.63) is 100 Å². The lowest BCUT2D eigenvalue weighted by molar-refractivity contribution is -0.389. The van der Waals surface area contributed by atoms with E-state index >= 15 is 0 Å². The molecule has 248 valence electrons. The van der Waals surface area contributed by atoms with Crippen molar-refractivity contribution in [2.75, 3.05) is 19.7 Å². The van der Waals surface area contributed by atoms with Crippen LogP contribution in [-0.2, 0) is 19.7 Å². The number of nitro groups is 1. The molecule has 1 atom stereocenters. The van der Waals surface area contributed by atoms with Crippen LogP contribution in [0.4, 0.5) is 19.0 Å². The van der Waals surface area contributed by atoms with Crippen LogP contribution in [0.1, 0.15) is 30.4 Å². The van der Waals surface area contributed by atoms with Crippen molar-refractivity contribution in [2.45, 2.75) is 57.5 Å². The monoisotopic (exact) mass is 654 g/mol. The van der Waals surface area contributed by atoms with Gasteiger partial charge in [-0.2, -0.15) is 0 Å². The number of hydrogen-bond acceptors (Lipinski definition) is 9. The number of imidazole rings is 1. The van der Waals surface area contributed by atoms with Crippen molar-refractivity contribution in [1.29, 1.82) is 0 Å². The normalized spacial score (nSPS) is 17.0. The fraction of sp³-hybridized carbons (Fsp3) is 0.364. The zero-order chi connectivity index (χ0) is 32.8. The van der Waals surface area contributed by atoms with E-state index in [0.29, 0.717) is 31.1 Å². The molecule has 2 aliphatic rings. The molecule has 0 radical (unpaired) electrons. The predicted octanol–water partition coefficient (Wildman–Crippen LogP) is 6.54. The van der Waals surface area contributed by atoms with Crippen LogP contribution in [0.3, 0.4) is 0 Å². The minimum absolute atomic E-state index is 0.117. The third-order valence-corrected chi connectivity index (χ3v) is 7.87. The van der Waals surface area contributed by atoms with Gasteiger partial charge in [0.1, 0.15) is 54.6 Å². The second-order valence-corrected chi connectivity index (χ2v) is 11.4. The minimum Gasteiger partial charge on any atom is -0.490 e. The molecular weight excluding hydrogens is 621 g/mol. The summed E-state index contributed by atoms with van der Waals surface area (Å²) in [6.07, 6.45) is -1.00. The molecular formula is C33H33F3N4O7. The molecule has 3 heterocycles. The molecule has 47 heavy (non-hydrogen) atoms. The van der Waals surface area contributed by atoms with Crippen molar-refractivity contribution in [1.82, 2.24) is 14.5 Å². The second kappa shape index (κ2) is 14.2. The fourth-order valence-corrected chi connectivity index (χ4v) is 5.42. The molecule has 0 bridgehead atoms. The first-order chi connectivity index (χ1) is 22.6. The van der Waals surface area contributed by atoms with Crippen molar-refractivity contribution in [3.8, 4) is 29.0 Å². The second-order valence-electron chi connectivity index (χ2n) is 11.4. The Labute approximate surface area is 268 Å². The average Bonchev–Trinajstić information content (AvgIpc) is 3.49. The van der Waals surface area contributed by atoms with Gasteiger partial charge in [-0.15, -0.1) is 13.2 Å². The molecule has 0 saturated carbocycles. The third-order valence-electron chi connectivity index (χ3n) is 7.87. The van der Waals surface area contributed by atoms with E-state index in [1.165, 1.54) is 18.3 Å². The lowest BCUT2D eigenvalue weighted by atomic mass is 10.1. The van der Waals surface area contributed by atoms with Gasteiger partial charge in [-0.05, 0) is 77.4 Å². The van der Waals surface area contributed by atoms with Crippen molar-refractivity contribution < 1.29 is 41.8 Å². The largest absolute Gasteiger partial charge is 0.573 e. The molecule has 2 aliphatic heterocycles. The quantitative estimate of drug-likeness (QED) is 0.124. The molecule has 1 saturated heterocycles. The fourth-order valence-electron chi connectivity index (χ4n) is 5.42. The van der Waals surface area contributed by atoms with E-state index in [0.717, 1.165) is 49.4 Å². The summed E-state index contributed by atoms with van der Waals surface area (Å²) in [7, 11) is 0. The number of ether oxygens (including phenoxy) is 5. The summed E-state index contributed by atoms with van der Waals surface area (Å²) in [5.41, 5.74) is 1.89. The topological polar surface area (TPSA) is 110 Å². The lowest BCUT2D eigenvalue weighted by Gasteiger charge is -2.32. The first kappa shape index (κ1) is 32.0. The van der Waals surface area contributed by atoms with Gasteiger partial charge < -0.3 is 33.8 Å². The number of piperidine rings is 1. The smallest absolute Gasteiger partial charge is 0.490 e. The molecule has 6 rings (SSSR count). The van der Waals surface area contributed by atoms with Crippen LogP contribution < -0.4 is 23.7 Å². The molecule has 4 aromatic rings. The number of aryl methyl sites for hydroxylation is 1. The minimum atomic E-state index is -4.72. The van der Waals surface area contributed by atoms with Crippen molar-refractivity contribution >= 4 is 5.82 Å². The number of nitrogens with zero attached hydrogens (tertiary/aromatic N) is 4. The van der Waals surface area contributed by atoms with Crippen molar-refractivity contribution in [2.24, 2.45) is 0 Å². The van der Waals surface area contributed by atoms with Gasteiger partial charge in [0, 0.05) is 37.6 Å². The maximum Gasteiger partial charge on any atom is 0.573 e. The van der Waals surface area contributed by atoms with E-state index in [4.69, 9.17) is 18.9 Å². The van der Waals surface area contributed by atoms with Gasteiger partial charge in [0.25, 0.3) is 0 Å². The number of halogens is 3. The summed E-state index contributed by atoms with van der Waals surface area (Å²) in [5.74, 6) is 1.64. The number of aromatic nitrogens is 2. The molecule has 11 nitrogen and oxygen atoms in total. The maximum absolute atomic E-state index is 12.3. The molecule has 14 heteroatoms. The Morgan fingerprint density at radius 1 is 0.830 bits per heavy atom. The van der Waals surface area contributed by atoms with Gasteiger partial charge in [-0.3, -0.25) is 9.47 Å². The Kier molecular flexibility index (Phi) is 9.66. The Bertz CT molecular complexity index is 1620. The number of rotatable bonds is 12. The van der Waals surface area contributed by atoms with Crippen LogP contribution in [0.15, 0.2) is 79.0 Å². The molecule has 1 fully saturated rings. The molecule has 3 aromatic carbocycles. The number of likely N-dealkylation sites (tertiary alicyclic amines) is 1. The maximum atomic E-state index is 12.3. The Morgan fingerprint density at radius 3 is 2.13 bits per heavy atom. The Hall–Kier alpha value is -4.98. The first-order valence-corrected chi connectivity index (χ1v) is 15.2. The van der Waals surface area contributed by atoms with Crippen LogP contribution in [0.2, 0.25) is 0 Å². The van der Waals surface area contributed by atoms with E-state index in [-0.39, 0.29) is 36.4 Å². The van der Waals surface area contributed by atoms with Gasteiger partial charge in [-0.1, -0.05) is 24.3 Å². The summed E-state index contributed by atoms with van der Waals surface area (Å²) >= 11 is 0. The summed E-state index contributed by atoms with van der Waals surface area (Å²) in [6.45, 7) is 3.72. The molecule has 0 N–H and O–H groups in total. The van der Waals surface area contributed by atoms with Gasteiger partial charge >= 0.3 is 18.2 Å². The van der Waals surface area contributed by atoms with E-state index in [2.05, 4.69) is 14.6 Å². The van der Waals surface area contributed by atoms with Crippen LogP contribution in [0, 0.1) is 10.1 Å². The van der Waals surface area contributed by atoms with E-state index in [1.54, 1.807) is 16.7 Å². The SMILES string of the molecule is O=[N+]([O-])c1cn2c(n1)O[C@@H](COc1ccc(OC3CCN(Cc4ccc(OCc5ccc(OC(F)(F)F)cc5)cc4)CC3)cc1)CC2. The van der Waals surface area contributed by atoms with Gasteiger partial charge in [0.15, 0.2) is 0 Å². The van der Waals surface area contributed by atoms with E-state index < -0.39 is 11.3 Å². The number of benzene rings is 3. The van der Waals surface area contributed by atoms with Crippen LogP contribution >= 0.6 is 0 Å². The molecule has 0 amide bonds. The highest BCUT2D eigenvalue weighted by Gasteiger charge is 2.31.